The van der Waals surface area contributed by atoms with Crippen molar-refractivity contribution in [2.24, 2.45) is 0 Å². The quantitative estimate of drug-likeness (QED) is 0.823. The van der Waals surface area contributed by atoms with Crippen LogP contribution in [-0.4, -0.2) is 29.8 Å². The van der Waals surface area contributed by atoms with Crippen LogP contribution in [0.2, 0.25) is 0 Å². The zero-order chi connectivity index (χ0) is 12.5. The van der Waals surface area contributed by atoms with Crippen LogP contribution in [0.25, 0.3) is 0 Å². The van der Waals surface area contributed by atoms with Crippen LogP contribution in [0, 0.1) is 0 Å². The van der Waals surface area contributed by atoms with Gasteiger partial charge in [-0.2, -0.15) is 0 Å². The summed E-state index contributed by atoms with van der Waals surface area (Å²) in [6.45, 7) is 4.29. The second-order valence-corrected chi connectivity index (χ2v) is 4.26. The van der Waals surface area contributed by atoms with Crippen LogP contribution >= 0.6 is 0 Å². The van der Waals surface area contributed by atoms with E-state index in [0.717, 1.165) is 5.56 Å². The Labute approximate surface area is 101 Å². The molecule has 2 amide bonds. The molecule has 0 radical (unpaired) electrons. The van der Waals surface area contributed by atoms with Crippen molar-refractivity contribution in [3.63, 3.8) is 0 Å². The molecule has 4 heteroatoms. The molecule has 1 N–H and O–H groups in total. The number of likely N-dealkylation sites (N-methyl/N-ethyl adjacent to an activating group) is 1. The van der Waals surface area contributed by atoms with E-state index in [1.54, 1.807) is 11.8 Å². The lowest BCUT2D eigenvalue weighted by atomic mass is 9.87. The average molecular weight is 232 g/mol. The summed E-state index contributed by atoms with van der Waals surface area (Å²) in [4.78, 5) is 25.6. The first-order valence-corrected chi connectivity index (χ1v) is 5.75. The highest BCUT2D eigenvalue weighted by Gasteiger charge is 2.45. The summed E-state index contributed by atoms with van der Waals surface area (Å²) < 4.78 is 0. The number of benzene rings is 1. The minimum atomic E-state index is -0.897. The fraction of sp³-hybridized carbons (Fsp3) is 0.385. The van der Waals surface area contributed by atoms with Crippen molar-refractivity contribution in [3.8, 4) is 0 Å². The highest BCUT2D eigenvalue weighted by atomic mass is 16.2. The lowest BCUT2D eigenvalue weighted by molar-refractivity contribution is -0.153. The van der Waals surface area contributed by atoms with Gasteiger partial charge in [-0.3, -0.25) is 9.59 Å². The molecule has 1 saturated heterocycles. The monoisotopic (exact) mass is 232 g/mol. The Kier molecular flexibility index (Phi) is 2.88. The lowest BCUT2D eigenvalue weighted by Crippen LogP contribution is -2.63. The van der Waals surface area contributed by atoms with E-state index in [9.17, 15) is 9.59 Å². The molecular weight excluding hydrogens is 216 g/mol. The van der Waals surface area contributed by atoms with E-state index in [1.165, 1.54) is 0 Å². The van der Waals surface area contributed by atoms with Gasteiger partial charge in [0.1, 0.15) is 5.54 Å². The minimum absolute atomic E-state index is 0.0431. The van der Waals surface area contributed by atoms with Gasteiger partial charge in [-0.1, -0.05) is 30.3 Å². The van der Waals surface area contributed by atoms with Crippen molar-refractivity contribution in [2.45, 2.75) is 19.4 Å². The number of nitrogens with zero attached hydrogens (tertiary/aromatic N) is 1. The van der Waals surface area contributed by atoms with E-state index < -0.39 is 5.54 Å². The smallest absolute Gasteiger partial charge is 0.250 e. The Morgan fingerprint density at radius 3 is 2.53 bits per heavy atom. The Morgan fingerprint density at radius 2 is 1.94 bits per heavy atom. The fourth-order valence-corrected chi connectivity index (χ4v) is 2.34. The SMILES string of the molecule is CCN1C(=O)CNC(=O)C1(C)c1ccccc1. The molecule has 1 fully saturated rings. The number of amides is 2. The van der Waals surface area contributed by atoms with Gasteiger partial charge in [-0.05, 0) is 19.4 Å². The van der Waals surface area contributed by atoms with Gasteiger partial charge < -0.3 is 10.2 Å². The van der Waals surface area contributed by atoms with Crippen LogP contribution < -0.4 is 5.32 Å². The molecule has 0 bridgehead atoms. The van der Waals surface area contributed by atoms with Gasteiger partial charge in [-0.15, -0.1) is 0 Å². The van der Waals surface area contributed by atoms with Gasteiger partial charge in [-0.25, -0.2) is 0 Å². The fourth-order valence-electron chi connectivity index (χ4n) is 2.34. The molecule has 1 heterocycles. The van der Waals surface area contributed by atoms with Gasteiger partial charge in [0.25, 0.3) is 5.91 Å². The molecule has 4 nitrogen and oxygen atoms in total. The van der Waals surface area contributed by atoms with E-state index in [0.29, 0.717) is 6.54 Å². The van der Waals surface area contributed by atoms with Gasteiger partial charge in [0, 0.05) is 6.54 Å². The lowest BCUT2D eigenvalue weighted by Gasteiger charge is -2.43. The van der Waals surface area contributed by atoms with E-state index in [-0.39, 0.29) is 18.4 Å². The second kappa shape index (κ2) is 4.20. The van der Waals surface area contributed by atoms with Crippen LogP contribution in [0.4, 0.5) is 0 Å². The van der Waals surface area contributed by atoms with Gasteiger partial charge >= 0.3 is 0 Å². The van der Waals surface area contributed by atoms with Crippen LogP contribution in [-0.2, 0) is 15.1 Å². The minimum Gasteiger partial charge on any atom is -0.345 e. The van der Waals surface area contributed by atoms with E-state index in [2.05, 4.69) is 5.32 Å². The van der Waals surface area contributed by atoms with Crippen LogP contribution in [0.5, 0.6) is 0 Å². The van der Waals surface area contributed by atoms with E-state index in [4.69, 9.17) is 0 Å². The van der Waals surface area contributed by atoms with Crippen molar-refractivity contribution in [2.75, 3.05) is 13.1 Å². The predicted molar refractivity (Wildman–Crippen MR) is 64.2 cm³/mol. The van der Waals surface area contributed by atoms with Gasteiger partial charge in [0.15, 0.2) is 0 Å². The first-order chi connectivity index (χ1) is 8.10. The van der Waals surface area contributed by atoms with Crippen LogP contribution in [0.15, 0.2) is 30.3 Å². The Bertz CT molecular complexity index is 444. The molecule has 0 aliphatic carbocycles. The molecule has 1 aliphatic heterocycles. The predicted octanol–water partition coefficient (Wildman–Crippen LogP) is 0.880. The first-order valence-electron chi connectivity index (χ1n) is 5.75. The third-order valence-electron chi connectivity index (χ3n) is 3.34. The summed E-state index contributed by atoms with van der Waals surface area (Å²) in [7, 11) is 0. The zero-order valence-electron chi connectivity index (χ0n) is 10.1. The molecule has 1 atom stereocenters. The zero-order valence-corrected chi connectivity index (χ0v) is 10.1. The van der Waals surface area contributed by atoms with Gasteiger partial charge in [0.05, 0.1) is 6.54 Å². The van der Waals surface area contributed by atoms with Crippen molar-refractivity contribution < 1.29 is 9.59 Å². The molecule has 90 valence electrons. The van der Waals surface area contributed by atoms with Crippen LogP contribution in [0.3, 0.4) is 0 Å². The molecular formula is C13H16N2O2. The number of carbonyl (C=O) groups excluding carboxylic acids is 2. The Hall–Kier alpha value is -1.84. The Morgan fingerprint density at radius 1 is 1.29 bits per heavy atom. The first kappa shape index (κ1) is 11.6. The normalized spacial score (nSPS) is 24.7. The summed E-state index contributed by atoms with van der Waals surface area (Å²) in [6, 6.07) is 9.40. The number of hydrogen-bond donors (Lipinski definition) is 1. The molecule has 0 aromatic heterocycles. The van der Waals surface area contributed by atoms with Crippen molar-refractivity contribution in [1.82, 2.24) is 10.2 Å². The molecule has 2 rings (SSSR count). The molecule has 1 aliphatic rings. The third kappa shape index (κ3) is 1.69. The number of nitrogens with one attached hydrogen (secondary N) is 1. The molecule has 17 heavy (non-hydrogen) atoms. The summed E-state index contributed by atoms with van der Waals surface area (Å²) in [5.74, 6) is -0.163. The van der Waals surface area contributed by atoms with Crippen molar-refractivity contribution in [1.29, 1.82) is 0 Å². The number of carbonyl (C=O) groups is 2. The molecule has 1 unspecified atom stereocenters. The van der Waals surface area contributed by atoms with Crippen LogP contribution in [0.1, 0.15) is 19.4 Å². The molecule has 0 spiro atoms. The maximum Gasteiger partial charge on any atom is 0.250 e. The highest BCUT2D eigenvalue weighted by Crippen LogP contribution is 2.30. The van der Waals surface area contributed by atoms with Crippen molar-refractivity contribution in [3.05, 3.63) is 35.9 Å². The third-order valence-corrected chi connectivity index (χ3v) is 3.34. The largest absolute Gasteiger partial charge is 0.345 e. The van der Waals surface area contributed by atoms with Crippen molar-refractivity contribution >= 4 is 11.8 Å². The van der Waals surface area contributed by atoms with E-state index >= 15 is 0 Å². The number of piperazine rings is 1. The molecule has 1 aromatic rings. The maximum atomic E-state index is 12.1. The molecule has 0 saturated carbocycles. The highest BCUT2D eigenvalue weighted by molar-refractivity contribution is 5.98. The average Bonchev–Trinajstić information content (AvgIpc) is 2.36. The topological polar surface area (TPSA) is 49.4 Å². The molecule has 1 aromatic carbocycles. The summed E-state index contributed by atoms with van der Waals surface area (Å²) in [6.07, 6.45) is 0. The number of hydrogen-bond acceptors (Lipinski definition) is 2. The van der Waals surface area contributed by atoms with E-state index in [1.807, 2.05) is 37.3 Å². The summed E-state index contributed by atoms with van der Waals surface area (Å²) in [5, 5.41) is 2.66. The number of rotatable bonds is 2. The second-order valence-electron chi connectivity index (χ2n) is 4.26. The Balaban J connectivity index is 2.50. The maximum absolute atomic E-state index is 12.1. The summed E-state index contributed by atoms with van der Waals surface area (Å²) >= 11 is 0. The standard InChI is InChI=1S/C13H16N2O2/c1-3-15-11(16)9-14-12(17)13(15,2)10-7-5-4-6-8-10/h4-8H,3,9H2,1-2H3,(H,14,17). The summed E-state index contributed by atoms with van der Waals surface area (Å²) in [5.41, 5.74) is -0.0573. The van der Waals surface area contributed by atoms with Gasteiger partial charge in [0.2, 0.25) is 5.91 Å².